The summed E-state index contributed by atoms with van der Waals surface area (Å²) in [6, 6.07) is 7.16. The molecule has 0 fully saturated rings. The number of ether oxygens (including phenoxy) is 2. The lowest BCUT2D eigenvalue weighted by atomic mass is 10.2. The molecular weight excluding hydrogens is 274 g/mol. The zero-order valence-electron chi connectivity index (χ0n) is 12.1. The third kappa shape index (κ3) is 7.07. The Morgan fingerprint density at radius 2 is 1.90 bits per heavy atom. The molecule has 0 saturated carbocycles. The molecule has 1 aromatic rings. The number of amides is 2. The van der Waals surface area contributed by atoms with Gasteiger partial charge in [0.25, 0.3) is 0 Å². The van der Waals surface area contributed by atoms with Crippen molar-refractivity contribution in [1.82, 2.24) is 10.7 Å². The Morgan fingerprint density at radius 3 is 2.52 bits per heavy atom. The van der Waals surface area contributed by atoms with E-state index in [0.29, 0.717) is 13.2 Å². The van der Waals surface area contributed by atoms with Gasteiger partial charge < -0.3 is 14.8 Å². The molecule has 0 unspecified atom stereocenters. The van der Waals surface area contributed by atoms with Gasteiger partial charge in [0.2, 0.25) is 11.8 Å². The van der Waals surface area contributed by atoms with Crippen molar-refractivity contribution in [3.8, 4) is 5.75 Å². The summed E-state index contributed by atoms with van der Waals surface area (Å²) in [6.45, 7) is 0.778. The highest BCUT2D eigenvalue weighted by molar-refractivity contribution is 5.97. The van der Waals surface area contributed by atoms with Crippen LogP contribution in [0.4, 0.5) is 0 Å². The second-order valence-corrected chi connectivity index (χ2v) is 4.09. The van der Waals surface area contributed by atoms with E-state index in [2.05, 4.69) is 15.8 Å². The topological polar surface area (TPSA) is 89.0 Å². The van der Waals surface area contributed by atoms with Crippen molar-refractivity contribution in [3.05, 3.63) is 29.8 Å². The Labute approximate surface area is 123 Å². The van der Waals surface area contributed by atoms with Gasteiger partial charge in [-0.25, -0.2) is 5.43 Å². The van der Waals surface area contributed by atoms with Crippen LogP contribution in [0, 0.1) is 0 Å². The van der Waals surface area contributed by atoms with Crippen LogP contribution in [-0.4, -0.2) is 45.4 Å². The average molecular weight is 293 g/mol. The molecule has 0 aromatic heterocycles. The normalized spacial score (nSPS) is 10.4. The van der Waals surface area contributed by atoms with Crippen molar-refractivity contribution in [2.75, 3.05) is 27.4 Å². The predicted molar refractivity (Wildman–Crippen MR) is 78.2 cm³/mol. The molecular formula is C14H19N3O4. The lowest BCUT2D eigenvalue weighted by Gasteiger charge is -2.03. The zero-order chi connectivity index (χ0) is 15.5. The SMILES string of the molecule is COCCNC(=O)CC(=O)N/N=C/c1ccc(OC)cc1. The van der Waals surface area contributed by atoms with Crippen LogP contribution in [0.3, 0.4) is 0 Å². The van der Waals surface area contributed by atoms with E-state index in [-0.39, 0.29) is 12.3 Å². The fourth-order valence-electron chi connectivity index (χ4n) is 1.41. The number of benzene rings is 1. The van der Waals surface area contributed by atoms with Crippen LogP contribution < -0.4 is 15.5 Å². The summed E-state index contributed by atoms with van der Waals surface area (Å²) in [5.74, 6) is -0.109. The molecule has 0 heterocycles. The molecule has 21 heavy (non-hydrogen) atoms. The molecule has 0 radical (unpaired) electrons. The van der Waals surface area contributed by atoms with Gasteiger partial charge in [-0.2, -0.15) is 5.10 Å². The molecule has 2 amide bonds. The largest absolute Gasteiger partial charge is 0.497 e. The van der Waals surface area contributed by atoms with Gasteiger partial charge in [0, 0.05) is 13.7 Å². The number of nitrogens with one attached hydrogen (secondary N) is 2. The molecule has 2 N–H and O–H groups in total. The summed E-state index contributed by atoms with van der Waals surface area (Å²) >= 11 is 0. The monoisotopic (exact) mass is 293 g/mol. The van der Waals surface area contributed by atoms with E-state index in [9.17, 15) is 9.59 Å². The zero-order valence-corrected chi connectivity index (χ0v) is 12.1. The molecule has 7 nitrogen and oxygen atoms in total. The fraction of sp³-hybridized carbons (Fsp3) is 0.357. The van der Waals surface area contributed by atoms with E-state index in [1.54, 1.807) is 31.4 Å². The first-order valence-electron chi connectivity index (χ1n) is 6.37. The summed E-state index contributed by atoms with van der Waals surface area (Å²) < 4.78 is 9.81. The van der Waals surface area contributed by atoms with Crippen molar-refractivity contribution >= 4 is 18.0 Å². The molecule has 0 bridgehead atoms. The molecule has 0 saturated heterocycles. The summed E-state index contributed by atoms with van der Waals surface area (Å²) in [6.07, 6.45) is 1.21. The van der Waals surface area contributed by atoms with Gasteiger partial charge in [-0.15, -0.1) is 0 Å². The van der Waals surface area contributed by atoms with Crippen LogP contribution >= 0.6 is 0 Å². The first kappa shape index (κ1) is 16.6. The quantitative estimate of drug-likeness (QED) is 0.312. The number of nitrogens with zero attached hydrogens (tertiary/aromatic N) is 1. The number of hydrogen-bond acceptors (Lipinski definition) is 5. The van der Waals surface area contributed by atoms with Crippen LogP contribution in [0.5, 0.6) is 5.75 Å². The van der Waals surface area contributed by atoms with Crippen molar-refractivity contribution < 1.29 is 19.1 Å². The Bertz CT molecular complexity index is 485. The molecule has 1 rings (SSSR count). The minimum Gasteiger partial charge on any atom is -0.497 e. The number of hydrazone groups is 1. The molecule has 0 aliphatic rings. The van der Waals surface area contributed by atoms with Crippen molar-refractivity contribution in [3.63, 3.8) is 0 Å². The van der Waals surface area contributed by atoms with Gasteiger partial charge in [0.1, 0.15) is 12.2 Å². The molecule has 0 aliphatic heterocycles. The first-order chi connectivity index (χ1) is 10.2. The molecule has 0 spiro atoms. The van der Waals surface area contributed by atoms with Crippen LogP contribution in [0.15, 0.2) is 29.4 Å². The van der Waals surface area contributed by atoms with E-state index in [0.717, 1.165) is 11.3 Å². The smallest absolute Gasteiger partial charge is 0.249 e. The molecule has 7 heteroatoms. The maximum atomic E-state index is 11.4. The van der Waals surface area contributed by atoms with Crippen molar-refractivity contribution in [2.45, 2.75) is 6.42 Å². The third-order valence-electron chi connectivity index (χ3n) is 2.47. The van der Waals surface area contributed by atoms with E-state index in [1.165, 1.54) is 13.3 Å². The summed E-state index contributed by atoms with van der Waals surface area (Å²) in [7, 11) is 3.12. The van der Waals surface area contributed by atoms with Gasteiger partial charge in [-0.05, 0) is 29.8 Å². The van der Waals surface area contributed by atoms with Gasteiger partial charge in [0.15, 0.2) is 0 Å². The van der Waals surface area contributed by atoms with Gasteiger partial charge >= 0.3 is 0 Å². The number of methoxy groups -OCH3 is 2. The maximum absolute atomic E-state index is 11.4. The second kappa shape index (κ2) is 9.49. The number of rotatable bonds is 8. The molecule has 0 aliphatic carbocycles. The van der Waals surface area contributed by atoms with Crippen LogP contribution in [0.1, 0.15) is 12.0 Å². The van der Waals surface area contributed by atoms with Gasteiger partial charge in [-0.1, -0.05) is 0 Å². The van der Waals surface area contributed by atoms with E-state index >= 15 is 0 Å². The van der Waals surface area contributed by atoms with E-state index in [4.69, 9.17) is 9.47 Å². The summed E-state index contributed by atoms with van der Waals surface area (Å²) in [5, 5.41) is 6.32. The highest BCUT2D eigenvalue weighted by Gasteiger charge is 2.07. The third-order valence-corrected chi connectivity index (χ3v) is 2.47. The number of carbonyl (C=O) groups excluding carboxylic acids is 2. The minimum absolute atomic E-state index is 0.274. The lowest BCUT2D eigenvalue weighted by Crippen LogP contribution is -2.31. The highest BCUT2D eigenvalue weighted by Crippen LogP contribution is 2.09. The average Bonchev–Trinajstić information content (AvgIpc) is 2.48. The van der Waals surface area contributed by atoms with Crippen LogP contribution in [0.2, 0.25) is 0 Å². The minimum atomic E-state index is -0.477. The predicted octanol–water partition coefficient (Wildman–Crippen LogP) is 0.298. The Morgan fingerprint density at radius 1 is 1.19 bits per heavy atom. The molecule has 0 atom stereocenters. The maximum Gasteiger partial charge on any atom is 0.249 e. The standard InChI is InChI=1S/C14H19N3O4/c1-20-8-7-15-13(18)9-14(19)17-16-10-11-3-5-12(21-2)6-4-11/h3-6,10H,7-9H2,1-2H3,(H,15,18)(H,17,19)/b16-10+. The van der Waals surface area contributed by atoms with Crippen molar-refractivity contribution in [1.29, 1.82) is 0 Å². The molecule has 114 valence electrons. The summed E-state index contributed by atoms with van der Waals surface area (Å²) in [5.41, 5.74) is 3.09. The Balaban J connectivity index is 2.31. The van der Waals surface area contributed by atoms with Crippen molar-refractivity contribution in [2.24, 2.45) is 5.10 Å². The van der Waals surface area contributed by atoms with Gasteiger partial charge in [-0.3, -0.25) is 9.59 Å². The van der Waals surface area contributed by atoms with E-state index in [1.807, 2.05) is 0 Å². The highest BCUT2D eigenvalue weighted by atomic mass is 16.5. The summed E-state index contributed by atoms with van der Waals surface area (Å²) in [4.78, 5) is 22.8. The van der Waals surface area contributed by atoms with Gasteiger partial charge in [0.05, 0.1) is 19.9 Å². The lowest BCUT2D eigenvalue weighted by molar-refractivity contribution is -0.129. The van der Waals surface area contributed by atoms with Crippen LogP contribution in [0.25, 0.3) is 0 Å². The number of carbonyl (C=O) groups is 2. The Kier molecular flexibility index (Phi) is 7.52. The van der Waals surface area contributed by atoms with E-state index < -0.39 is 5.91 Å². The Hall–Kier alpha value is -2.41. The first-order valence-corrected chi connectivity index (χ1v) is 6.37. The second-order valence-electron chi connectivity index (χ2n) is 4.09. The fourth-order valence-corrected chi connectivity index (χ4v) is 1.41. The van der Waals surface area contributed by atoms with Crippen LogP contribution in [-0.2, 0) is 14.3 Å². The number of hydrogen-bond donors (Lipinski definition) is 2. The molecule has 1 aromatic carbocycles.